The first-order chi connectivity index (χ1) is 11.6. The Labute approximate surface area is 150 Å². The lowest BCUT2D eigenvalue weighted by molar-refractivity contribution is 0.00200. The zero-order valence-electron chi connectivity index (χ0n) is 14.1. The molecule has 3 rings (SSSR count). The first kappa shape index (κ1) is 17.5. The van der Waals surface area contributed by atoms with E-state index in [2.05, 4.69) is 27.0 Å². The molecule has 0 unspecified atom stereocenters. The van der Waals surface area contributed by atoms with Gasteiger partial charge in [-0.15, -0.1) is 24.5 Å². The lowest BCUT2D eigenvalue weighted by Crippen LogP contribution is -2.28. The van der Waals surface area contributed by atoms with Gasteiger partial charge < -0.3 is 4.74 Å². The van der Waals surface area contributed by atoms with Crippen molar-refractivity contribution in [3.8, 4) is 0 Å². The second-order valence-electron chi connectivity index (χ2n) is 6.18. The molecule has 2 aromatic heterocycles. The minimum atomic E-state index is 0.0355. The summed E-state index contributed by atoms with van der Waals surface area (Å²) in [6.45, 7) is 12.9. The van der Waals surface area contributed by atoms with Gasteiger partial charge in [-0.2, -0.15) is 0 Å². The lowest BCUT2D eigenvalue weighted by atomic mass is 9.96. The lowest BCUT2D eigenvalue weighted by Gasteiger charge is -2.26. The van der Waals surface area contributed by atoms with Crippen LogP contribution in [0.15, 0.2) is 35.3 Å². The van der Waals surface area contributed by atoms with Crippen molar-refractivity contribution >= 4 is 33.3 Å². The Bertz CT molecular complexity index is 836. The predicted octanol–water partition coefficient (Wildman–Crippen LogP) is 4.02. The van der Waals surface area contributed by atoms with Crippen molar-refractivity contribution in [3.63, 3.8) is 0 Å². The highest BCUT2D eigenvalue weighted by Gasteiger charge is 2.28. The molecule has 2 aromatic rings. The van der Waals surface area contributed by atoms with E-state index < -0.39 is 0 Å². The average Bonchev–Trinajstić information content (AvgIpc) is 2.93. The van der Waals surface area contributed by atoms with Gasteiger partial charge in [0.25, 0.3) is 5.56 Å². The van der Waals surface area contributed by atoms with Crippen LogP contribution < -0.4 is 5.56 Å². The van der Waals surface area contributed by atoms with Gasteiger partial charge in [0, 0.05) is 23.6 Å². The third-order valence-electron chi connectivity index (χ3n) is 4.18. The second kappa shape index (κ2) is 7.25. The summed E-state index contributed by atoms with van der Waals surface area (Å²) in [5.74, 6) is 1.15. The van der Waals surface area contributed by atoms with Crippen LogP contribution in [0.2, 0.25) is 0 Å². The Morgan fingerprint density at radius 1 is 1.46 bits per heavy atom. The van der Waals surface area contributed by atoms with Crippen molar-refractivity contribution in [2.75, 3.05) is 5.75 Å². The molecule has 0 spiro atoms. The number of thioether (sulfide) groups is 1. The molecule has 0 bridgehead atoms. The van der Waals surface area contributed by atoms with Crippen LogP contribution in [-0.4, -0.2) is 21.4 Å². The topological polar surface area (TPSA) is 44.1 Å². The third-order valence-corrected chi connectivity index (χ3v) is 6.25. The number of aromatic nitrogens is 2. The van der Waals surface area contributed by atoms with Crippen LogP contribution in [-0.2, 0) is 24.3 Å². The van der Waals surface area contributed by atoms with Gasteiger partial charge in [0.15, 0.2) is 5.16 Å². The molecule has 0 saturated carbocycles. The van der Waals surface area contributed by atoms with E-state index >= 15 is 0 Å². The fraction of sp³-hybridized carbons (Fsp3) is 0.444. The number of ether oxygens (including phenoxy) is 1. The highest BCUT2D eigenvalue weighted by molar-refractivity contribution is 7.99. The molecule has 0 aromatic carbocycles. The number of hydrogen-bond acceptors (Lipinski definition) is 5. The van der Waals surface area contributed by atoms with Gasteiger partial charge >= 0.3 is 0 Å². The number of nitrogens with zero attached hydrogens (tertiary/aromatic N) is 2. The Morgan fingerprint density at radius 2 is 2.25 bits per heavy atom. The van der Waals surface area contributed by atoms with E-state index in [1.807, 2.05) is 6.08 Å². The van der Waals surface area contributed by atoms with Crippen molar-refractivity contribution in [1.29, 1.82) is 0 Å². The summed E-state index contributed by atoms with van der Waals surface area (Å²) in [6, 6.07) is 0. The Kier molecular flexibility index (Phi) is 5.27. The van der Waals surface area contributed by atoms with E-state index in [0.717, 1.165) is 38.0 Å². The normalized spacial score (nSPS) is 17.2. The summed E-state index contributed by atoms with van der Waals surface area (Å²) >= 11 is 3.12. The van der Waals surface area contributed by atoms with Gasteiger partial charge in [-0.1, -0.05) is 37.8 Å². The molecule has 0 aliphatic carbocycles. The molecule has 0 radical (unpaired) electrons. The van der Waals surface area contributed by atoms with Crippen LogP contribution in [0.4, 0.5) is 0 Å². The smallest absolute Gasteiger partial charge is 0.263 e. The van der Waals surface area contributed by atoms with Crippen molar-refractivity contribution in [2.45, 2.75) is 44.7 Å². The second-order valence-corrected chi connectivity index (χ2v) is 8.25. The number of allylic oxidation sites excluding steroid dienone is 1. The van der Waals surface area contributed by atoms with Crippen LogP contribution in [0.5, 0.6) is 0 Å². The van der Waals surface area contributed by atoms with Gasteiger partial charge in [-0.25, -0.2) is 4.98 Å². The van der Waals surface area contributed by atoms with Crippen molar-refractivity contribution in [3.05, 3.63) is 46.1 Å². The molecule has 4 nitrogen and oxygen atoms in total. The maximum absolute atomic E-state index is 13.1. The Morgan fingerprint density at radius 3 is 2.92 bits per heavy atom. The van der Waals surface area contributed by atoms with Crippen molar-refractivity contribution in [2.24, 2.45) is 5.92 Å². The fourth-order valence-electron chi connectivity index (χ4n) is 2.90. The molecule has 6 heteroatoms. The van der Waals surface area contributed by atoms with Crippen molar-refractivity contribution in [1.82, 2.24) is 9.55 Å². The predicted molar refractivity (Wildman–Crippen MR) is 102 cm³/mol. The molecule has 24 heavy (non-hydrogen) atoms. The standard InChI is InChI=1S/C18H22N2O2S2/c1-5-7-20-17(21)15-12-9-13(11(3)4)22-10-14(12)24-16(15)19-18(20)23-8-6-2/h5-6,11,13H,1-2,7-10H2,3-4H3/t13-/m1/s1. The van der Waals surface area contributed by atoms with E-state index in [1.165, 1.54) is 11.8 Å². The Balaban J connectivity index is 2.16. The fourth-order valence-corrected chi connectivity index (χ4v) is 4.81. The van der Waals surface area contributed by atoms with Gasteiger partial charge in [0.1, 0.15) is 4.83 Å². The molecule has 3 heterocycles. The largest absolute Gasteiger partial charge is 0.372 e. The summed E-state index contributed by atoms with van der Waals surface area (Å²) < 4.78 is 7.67. The molecule has 0 fully saturated rings. The SMILES string of the molecule is C=CCSc1nc2sc3c(c2c(=O)n1CC=C)C[C@H](C(C)C)OC3. The highest BCUT2D eigenvalue weighted by Crippen LogP contribution is 2.35. The molecule has 0 amide bonds. The van der Waals surface area contributed by atoms with E-state index in [1.54, 1.807) is 22.0 Å². The van der Waals surface area contributed by atoms with E-state index in [9.17, 15) is 4.79 Å². The molecule has 1 atom stereocenters. The molecular weight excluding hydrogens is 340 g/mol. The third kappa shape index (κ3) is 3.10. The number of thiophene rings is 1. The van der Waals surface area contributed by atoms with Crippen LogP contribution in [0.25, 0.3) is 10.2 Å². The van der Waals surface area contributed by atoms with Gasteiger partial charge in [-0.3, -0.25) is 9.36 Å². The zero-order valence-corrected chi connectivity index (χ0v) is 15.7. The molecule has 1 aliphatic rings. The first-order valence-corrected chi connectivity index (χ1v) is 9.88. The number of rotatable bonds is 6. The minimum Gasteiger partial charge on any atom is -0.372 e. The molecule has 0 N–H and O–H groups in total. The summed E-state index contributed by atoms with van der Waals surface area (Å²) in [5.41, 5.74) is 1.17. The van der Waals surface area contributed by atoms with E-state index in [0.29, 0.717) is 19.1 Å². The average molecular weight is 363 g/mol. The van der Waals surface area contributed by atoms with Crippen LogP contribution in [0.1, 0.15) is 24.3 Å². The maximum Gasteiger partial charge on any atom is 0.263 e. The highest BCUT2D eigenvalue weighted by atomic mass is 32.2. The number of fused-ring (bicyclic) bond motifs is 3. The number of hydrogen-bond donors (Lipinski definition) is 0. The van der Waals surface area contributed by atoms with Crippen LogP contribution >= 0.6 is 23.1 Å². The van der Waals surface area contributed by atoms with Crippen LogP contribution in [0.3, 0.4) is 0 Å². The summed E-state index contributed by atoms with van der Waals surface area (Å²) in [6.07, 6.45) is 4.51. The minimum absolute atomic E-state index is 0.0355. The molecule has 128 valence electrons. The van der Waals surface area contributed by atoms with Crippen LogP contribution in [0, 0.1) is 5.92 Å². The summed E-state index contributed by atoms with van der Waals surface area (Å²) in [5, 5.41) is 1.50. The van der Waals surface area contributed by atoms with E-state index in [-0.39, 0.29) is 11.7 Å². The van der Waals surface area contributed by atoms with E-state index in [4.69, 9.17) is 9.72 Å². The van der Waals surface area contributed by atoms with Gasteiger partial charge in [0.05, 0.1) is 18.1 Å². The molecular formula is C18H22N2O2S2. The zero-order chi connectivity index (χ0) is 17.3. The molecule has 1 aliphatic heterocycles. The summed E-state index contributed by atoms with van der Waals surface area (Å²) in [4.78, 5) is 19.8. The summed E-state index contributed by atoms with van der Waals surface area (Å²) in [7, 11) is 0. The first-order valence-electron chi connectivity index (χ1n) is 8.08. The quantitative estimate of drug-likeness (QED) is 0.442. The monoisotopic (exact) mass is 362 g/mol. The van der Waals surface area contributed by atoms with Crippen molar-refractivity contribution < 1.29 is 4.74 Å². The Hall–Kier alpha value is -1.37. The molecule has 0 saturated heterocycles. The maximum atomic E-state index is 13.1. The van der Waals surface area contributed by atoms with Gasteiger partial charge in [-0.05, 0) is 11.5 Å². The van der Waals surface area contributed by atoms with Gasteiger partial charge in [0.2, 0.25) is 0 Å².